The van der Waals surface area contributed by atoms with Crippen LogP contribution in [0.3, 0.4) is 0 Å². The molecule has 0 fully saturated rings. The van der Waals surface area contributed by atoms with Crippen molar-refractivity contribution in [1.82, 2.24) is 0 Å². The van der Waals surface area contributed by atoms with Crippen molar-refractivity contribution in [2.75, 3.05) is 23.3 Å². The Labute approximate surface area is 191 Å². The fraction of sp³-hybridized carbons (Fsp3) is 0.136. The van der Waals surface area contributed by atoms with E-state index < -0.39 is 22.5 Å². The highest BCUT2D eigenvalue weighted by Crippen LogP contribution is 2.34. The molecule has 0 bridgehead atoms. The number of hydrogen-bond acceptors (Lipinski definition) is 4. The molecule has 0 radical (unpaired) electrons. The number of anilines is 2. The molecule has 0 heterocycles. The summed E-state index contributed by atoms with van der Waals surface area (Å²) in [5.74, 6) is -0.299. The second-order valence-corrected chi connectivity index (χ2v) is 9.32. The third-order valence-corrected chi connectivity index (χ3v) is 6.85. The molecule has 1 amide bonds. The van der Waals surface area contributed by atoms with Crippen molar-refractivity contribution in [3.8, 4) is 5.75 Å². The molecule has 31 heavy (non-hydrogen) atoms. The molecule has 3 aromatic rings. The van der Waals surface area contributed by atoms with E-state index in [0.717, 1.165) is 9.87 Å². The molecular weight excluding hydrogens is 459 g/mol. The fourth-order valence-electron chi connectivity index (χ4n) is 2.94. The van der Waals surface area contributed by atoms with Crippen LogP contribution in [0.2, 0.25) is 10.0 Å². The molecular formula is C22H20Cl2N2O4S. The molecule has 0 spiro atoms. The Morgan fingerprint density at radius 1 is 1.00 bits per heavy atom. The Balaban J connectivity index is 2.05. The van der Waals surface area contributed by atoms with Gasteiger partial charge in [-0.05, 0) is 48.9 Å². The van der Waals surface area contributed by atoms with Crippen LogP contribution in [0.15, 0.2) is 71.6 Å². The molecule has 0 saturated carbocycles. The van der Waals surface area contributed by atoms with Gasteiger partial charge in [-0.15, -0.1) is 0 Å². The fourth-order valence-corrected chi connectivity index (χ4v) is 4.88. The minimum absolute atomic E-state index is 0.0436. The van der Waals surface area contributed by atoms with Crippen molar-refractivity contribution in [2.45, 2.75) is 11.8 Å². The van der Waals surface area contributed by atoms with Gasteiger partial charge in [0.2, 0.25) is 5.91 Å². The van der Waals surface area contributed by atoms with Crippen LogP contribution in [0.25, 0.3) is 0 Å². The van der Waals surface area contributed by atoms with Crippen molar-refractivity contribution in [3.63, 3.8) is 0 Å². The van der Waals surface area contributed by atoms with Crippen molar-refractivity contribution in [2.24, 2.45) is 0 Å². The number of ether oxygens (including phenoxy) is 1. The summed E-state index contributed by atoms with van der Waals surface area (Å²) in [5.41, 5.74) is 1.26. The van der Waals surface area contributed by atoms with E-state index >= 15 is 0 Å². The highest BCUT2D eigenvalue weighted by atomic mass is 35.5. The summed E-state index contributed by atoms with van der Waals surface area (Å²) in [6, 6.07) is 17.8. The first kappa shape index (κ1) is 22.9. The van der Waals surface area contributed by atoms with Gasteiger partial charge in [0.1, 0.15) is 12.3 Å². The number of nitrogens with one attached hydrogen (secondary N) is 1. The zero-order chi connectivity index (χ0) is 22.6. The first-order valence-corrected chi connectivity index (χ1v) is 11.4. The maximum atomic E-state index is 13.5. The molecule has 162 valence electrons. The van der Waals surface area contributed by atoms with Crippen molar-refractivity contribution in [3.05, 3.63) is 82.3 Å². The van der Waals surface area contributed by atoms with Gasteiger partial charge in [-0.25, -0.2) is 8.42 Å². The number of hydrogen-bond donors (Lipinski definition) is 1. The van der Waals surface area contributed by atoms with Gasteiger partial charge in [0.05, 0.1) is 33.4 Å². The Kier molecular flexibility index (Phi) is 7.10. The van der Waals surface area contributed by atoms with Gasteiger partial charge in [-0.2, -0.15) is 0 Å². The van der Waals surface area contributed by atoms with E-state index in [1.807, 2.05) is 6.92 Å². The number of para-hydroxylation sites is 1. The molecule has 0 aliphatic rings. The molecule has 1 N–H and O–H groups in total. The molecule has 3 rings (SSSR count). The third-order valence-electron chi connectivity index (χ3n) is 4.45. The quantitative estimate of drug-likeness (QED) is 0.509. The monoisotopic (exact) mass is 478 g/mol. The average Bonchev–Trinajstić information content (AvgIpc) is 2.75. The number of nitrogens with zero attached hydrogens (tertiary/aromatic N) is 1. The van der Waals surface area contributed by atoms with E-state index in [1.54, 1.807) is 54.6 Å². The summed E-state index contributed by atoms with van der Waals surface area (Å²) in [7, 11) is -2.65. The third kappa shape index (κ3) is 5.12. The first-order chi connectivity index (χ1) is 14.7. The Morgan fingerprint density at radius 3 is 2.26 bits per heavy atom. The maximum absolute atomic E-state index is 13.5. The lowest BCUT2D eigenvalue weighted by Crippen LogP contribution is -2.38. The summed E-state index contributed by atoms with van der Waals surface area (Å²) in [6.45, 7) is 1.30. The Morgan fingerprint density at radius 2 is 1.65 bits per heavy atom. The number of methoxy groups -OCH3 is 1. The average molecular weight is 479 g/mol. The van der Waals surface area contributed by atoms with E-state index in [9.17, 15) is 13.2 Å². The summed E-state index contributed by atoms with van der Waals surface area (Å²) in [5, 5.41) is 3.09. The van der Waals surface area contributed by atoms with Gasteiger partial charge in [0.25, 0.3) is 10.0 Å². The number of rotatable bonds is 7. The number of carbonyl (C=O) groups is 1. The van der Waals surface area contributed by atoms with Crippen molar-refractivity contribution < 1.29 is 17.9 Å². The molecule has 0 saturated heterocycles. The van der Waals surface area contributed by atoms with Crippen LogP contribution in [0.5, 0.6) is 5.75 Å². The van der Waals surface area contributed by atoms with E-state index in [2.05, 4.69) is 5.32 Å². The van der Waals surface area contributed by atoms with Crippen molar-refractivity contribution in [1.29, 1.82) is 0 Å². The van der Waals surface area contributed by atoms with Gasteiger partial charge in [0, 0.05) is 0 Å². The number of carbonyl (C=O) groups excluding carboxylic acids is 1. The largest absolute Gasteiger partial charge is 0.495 e. The van der Waals surface area contributed by atoms with Crippen LogP contribution < -0.4 is 14.4 Å². The van der Waals surface area contributed by atoms with Crippen molar-refractivity contribution >= 4 is 50.5 Å². The zero-order valence-electron chi connectivity index (χ0n) is 16.8. The number of amides is 1. The second kappa shape index (κ2) is 9.60. The summed E-state index contributed by atoms with van der Waals surface area (Å²) in [4.78, 5) is 12.9. The number of halogens is 2. The standard InChI is InChI=1S/C22H20Cl2N2O4S/c1-15-11-12-20(30-2)19(13-15)26(31(28,29)16-7-4-3-5-8-16)14-21(27)25-22-17(23)9-6-10-18(22)24/h3-13H,14H2,1-2H3,(H,25,27). The lowest BCUT2D eigenvalue weighted by Gasteiger charge is -2.26. The summed E-state index contributed by atoms with van der Waals surface area (Å²) < 4.78 is 33.3. The summed E-state index contributed by atoms with van der Waals surface area (Å²) >= 11 is 12.3. The lowest BCUT2D eigenvalue weighted by atomic mass is 10.2. The number of sulfonamides is 1. The smallest absolute Gasteiger partial charge is 0.264 e. The molecule has 3 aromatic carbocycles. The van der Waals surface area contributed by atoms with Crippen LogP contribution >= 0.6 is 23.2 Å². The van der Waals surface area contributed by atoms with E-state index in [-0.39, 0.29) is 26.3 Å². The van der Waals surface area contributed by atoms with Gasteiger partial charge in [-0.1, -0.05) is 53.5 Å². The maximum Gasteiger partial charge on any atom is 0.264 e. The molecule has 0 aliphatic carbocycles. The topological polar surface area (TPSA) is 75.7 Å². The molecule has 9 heteroatoms. The molecule has 6 nitrogen and oxygen atoms in total. The molecule has 0 aromatic heterocycles. The SMILES string of the molecule is COc1ccc(C)cc1N(CC(=O)Nc1c(Cl)cccc1Cl)S(=O)(=O)c1ccccc1. The van der Waals surface area contributed by atoms with Crippen LogP contribution in [0.1, 0.15) is 5.56 Å². The van der Waals surface area contributed by atoms with Crippen LogP contribution in [0, 0.1) is 6.92 Å². The van der Waals surface area contributed by atoms with Crippen LogP contribution in [-0.2, 0) is 14.8 Å². The molecule has 0 atom stereocenters. The second-order valence-electron chi connectivity index (χ2n) is 6.64. The van der Waals surface area contributed by atoms with Gasteiger partial charge >= 0.3 is 0 Å². The number of benzene rings is 3. The highest BCUT2D eigenvalue weighted by Gasteiger charge is 2.29. The lowest BCUT2D eigenvalue weighted by molar-refractivity contribution is -0.114. The van der Waals surface area contributed by atoms with Gasteiger partial charge in [0.15, 0.2) is 0 Å². The first-order valence-electron chi connectivity index (χ1n) is 9.20. The predicted molar refractivity (Wildman–Crippen MR) is 124 cm³/mol. The molecule has 0 aliphatic heterocycles. The molecule has 0 unspecified atom stereocenters. The Hall–Kier alpha value is -2.74. The van der Waals surface area contributed by atoms with E-state index in [4.69, 9.17) is 27.9 Å². The minimum atomic E-state index is -4.08. The normalized spacial score (nSPS) is 11.1. The summed E-state index contributed by atoms with van der Waals surface area (Å²) in [6.07, 6.45) is 0. The minimum Gasteiger partial charge on any atom is -0.495 e. The van der Waals surface area contributed by atoms with Gasteiger partial charge < -0.3 is 10.1 Å². The number of aryl methyl sites for hydroxylation is 1. The zero-order valence-corrected chi connectivity index (χ0v) is 19.1. The van der Waals surface area contributed by atoms with E-state index in [0.29, 0.717) is 5.75 Å². The Bertz CT molecular complexity index is 1180. The van der Waals surface area contributed by atoms with Crippen LogP contribution in [-0.4, -0.2) is 28.0 Å². The van der Waals surface area contributed by atoms with Crippen LogP contribution in [0.4, 0.5) is 11.4 Å². The predicted octanol–water partition coefficient (Wildman–Crippen LogP) is 5.14. The van der Waals surface area contributed by atoms with E-state index in [1.165, 1.54) is 19.2 Å². The highest BCUT2D eigenvalue weighted by molar-refractivity contribution is 7.92. The van der Waals surface area contributed by atoms with Gasteiger partial charge in [-0.3, -0.25) is 9.10 Å².